The lowest BCUT2D eigenvalue weighted by Crippen LogP contribution is -2.50. The van der Waals surface area contributed by atoms with Crippen LogP contribution in [-0.4, -0.2) is 52.1 Å². The zero-order valence-corrected chi connectivity index (χ0v) is 20.5. The maximum Gasteiger partial charge on any atom is 0.322 e. The highest BCUT2D eigenvalue weighted by Gasteiger charge is 2.26. The fraction of sp³-hybridized carbons (Fsp3) is 0.360. The van der Waals surface area contributed by atoms with Gasteiger partial charge in [-0.15, -0.1) is 0 Å². The van der Waals surface area contributed by atoms with Gasteiger partial charge in [0.05, 0.1) is 11.4 Å². The van der Waals surface area contributed by atoms with Crippen molar-refractivity contribution in [2.75, 3.05) is 42.1 Å². The number of carbonyl (C=O) groups is 1. The number of ether oxygens (including phenoxy) is 1. The van der Waals surface area contributed by atoms with Crippen LogP contribution in [-0.2, 0) is 12.0 Å². The number of hydrogen-bond acceptors (Lipinski definition) is 7. The number of nitrogens with two attached hydrogens (primary N) is 1. The van der Waals surface area contributed by atoms with E-state index in [1.807, 2.05) is 31.7 Å². The van der Waals surface area contributed by atoms with Gasteiger partial charge in [0.1, 0.15) is 18.2 Å². The molecule has 1 fully saturated rings. The van der Waals surface area contributed by atoms with E-state index in [2.05, 4.69) is 20.3 Å². The molecule has 0 bridgehead atoms. The lowest BCUT2D eigenvalue weighted by Gasteiger charge is -2.36. The minimum absolute atomic E-state index is 0.0421. The fourth-order valence-electron chi connectivity index (χ4n) is 3.91. The number of piperazine rings is 1. The number of benzene rings is 1. The van der Waals surface area contributed by atoms with Crippen LogP contribution in [0.4, 0.5) is 31.0 Å². The van der Waals surface area contributed by atoms with Crippen molar-refractivity contribution < 1.29 is 18.3 Å². The number of nitrogens with zero attached hydrogens (tertiary/aromatic N) is 5. The van der Waals surface area contributed by atoms with Gasteiger partial charge < -0.3 is 25.6 Å². The van der Waals surface area contributed by atoms with Crippen LogP contribution in [0, 0.1) is 11.6 Å². The van der Waals surface area contributed by atoms with E-state index in [0.717, 1.165) is 6.07 Å². The predicted octanol–water partition coefficient (Wildman–Crippen LogP) is 3.96. The summed E-state index contributed by atoms with van der Waals surface area (Å²) >= 11 is 0. The van der Waals surface area contributed by atoms with Gasteiger partial charge in [-0.2, -0.15) is 0 Å². The SMILES string of the molecule is CC(C)(C)c1cc(NC(=O)N2CCN(c3ncccc3OCc3ccnc(N)n3)CC2)c(F)cc1F. The Labute approximate surface area is 208 Å². The standard InChI is InChI=1S/C25H29F2N7O2/c1-25(2,3)17-13-20(19(27)14-18(17)26)32-24(35)34-11-9-33(10-12-34)22-21(5-4-7-29-22)36-15-16-6-8-30-23(28)31-16/h4-8,13-14H,9-12,15H2,1-3H3,(H,32,35)(H2,28,30,31). The van der Waals surface area contributed by atoms with Crippen molar-refractivity contribution in [2.45, 2.75) is 32.8 Å². The summed E-state index contributed by atoms with van der Waals surface area (Å²) in [5.74, 6) is -0.0434. The normalized spacial score (nSPS) is 14.0. The number of carbonyl (C=O) groups excluding carboxylic acids is 1. The zero-order chi connectivity index (χ0) is 25.9. The number of pyridine rings is 1. The quantitative estimate of drug-likeness (QED) is 0.549. The minimum atomic E-state index is -0.812. The van der Waals surface area contributed by atoms with Crippen LogP contribution in [0.5, 0.6) is 5.75 Å². The molecule has 2 aromatic heterocycles. The number of halogens is 2. The molecule has 0 saturated carbocycles. The predicted molar refractivity (Wildman–Crippen MR) is 133 cm³/mol. The van der Waals surface area contributed by atoms with Crippen molar-refractivity contribution in [1.82, 2.24) is 19.9 Å². The van der Waals surface area contributed by atoms with Gasteiger partial charge in [-0.3, -0.25) is 0 Å². The molecule has 36 heavy (non-hydrogen) atoms. The Balaban J connectivity index is 1.39. The van der Waals surface area contributed by atoms with Gasteiger partial charge in [0.15, 0.2) is 11.6 Å². The summed E-state index contributed by atoms with van der Waals surface area (Å²) in [4.78, 5) is 28.9. The van der Waals surface area contributed by atoms with Crippen molar-refractivity contribution >= 4 is 23.5 Å². The van der Waals surface area contributed by atoms with Gasteiger partial charge in [0.2, 0.25) is 5.95 Å². The van der Waals surface area contributed by atoms with Crippen molar-refractivity contribution in [3.63, 3.8) is 0 Å². The molecule has 1 aliphatic rings. The molecule has 0 radical (unpaired) electrons. The fourth-order valence-corrected chi connectivity index (χ4v) is 3.91. The van der Waals surface area contributed by atoms with Crippen LogP contribution in [0.2, 0.25) is 0 Å². The molecule has 3 N–H and O–H groups in total. The lowest BCUT2D eigenvalue weighted by molar-refractivity contribution is 0.207. The molecule has 11 heteroatoms. The van der Waals surface area contributed by atoms with Crippen molar-refractivity contribution in [2.24, 2.45) is 0 Å². The number of amides is 2. The first kappa shape index (κ1) is 25.1. The molecule has 0 spiro atoms. The number of urea groups is 1. The molecule has 0 atom stereocenters. The number of rotatable bonds is 5. The van der Waals surface area contributed by atoms with Gasteiger partial charge in [-0.25, -0.2) is 28.5 Å². The van der Waals surface area contributed by atoms with Crippen molar-refractivity contribution in [1.29, 1.82) is 0 Å². The first-order valence-corrected chi connectivity index (χ1v) is 11.6. The number of aromatic nitrogens is 3. The summed E-state index contributed by atoms with van der Waals surface area (Å²) in [6.45, 7) is 7.46. The second kappa shape index (κ2) is 10.3. The number of nitrogen functional groups attached to an aromatic ring is 1. The number of anilines is 3. The highest BCUT2D eigenvalue weighted by Crippen LogP contribution is 2.30. The summed E-state index contributed by atoms with van der Waals surface area (Å²) in [6, 6.07) is 7.04. The smallest absolute Gasteiger partial charge is 0.322 e. The number of nitrogens with one attached hydrogen (secondary N) is 1. The highest BCUT2D eigenvalue weighted by atomic mass is 19.1. The van der Waals surface area contributed by atoms with Crippen LogP contribution in [0.25, 0.3) is 0 Å². The van der Waals surface area contributed by atoms with E-state index in [1.165, 1.54) is 6.07 Å². The van der Waals surface area contributed by atoms with Gasteiger partial charge in [-0.05, 0) is 35.2 Å². The molecule has 4 rings (SSSR count). The van der Waals surface area contributed by atoms with Crippen LogP contribution in [0.1, 0.15) is 32.0 Å². The molecule has 190 valence electrons. The Kier molecular flexibility index (Phi) is 7.18. The molecule has 2 amide bonds. The topological polar surface area (TPSA) is 110 Å². The molecule has 3 aromatic rings. The third kappa shape index (κ3) is 5.78. The van der Waals surface area contributed by atoms with E-state index in [-0.39, 0.29) is 18.2 Å². The third-order valence-corrected chi connectivity index (χ3v) is 5.83. The van der Waals surface area contributed by atoms with Gasteiger partial charge >= 0.3 is 6.03 Å². The third-order valence-electron chi connectivity index (χ3n) is 5.83. The maximum absolute atomic E-state index is 14.4. The van der Waals surface area contributed by atoms with E-state index >= 15 is 0 Å². The molecule has 1 aromatic carbocycles. The Hall–Kier alpha value is -4.02. The molecule has 1 saturated heterocycles. The van der Waals surface area contributed by atoms with Crippen molar-refractivity contribution in [3.05, 3.63) is 65.6 Å². The first-order chi connectivity index (χ1) is 17.1. The van der Waals surface area contributed by atoms with Crippen LogP contribution in [0.15, 0.2) is 42.7 Å². The second-order valence-electron chi connectivity index (χ2n) is 9.49. The van der Waals surface area contributed by atoms with Gasteiger partial charge in [0.25, 0.3) is 0 Å². The Morgan fingerprint density at radius 3 is 2.53 bits per heavy atom. The van der Waals surface area contributed by atoms with Crippen molar-refractivity contribution in [3.8, 4) is 5.75 Å². The van der Waals surface area contributed by atoms with E-state index in [0.29, 0.717) is 49.0 Å². The Morgan fingerprint density at radius 2 is 1.83 bits per heavy atom. The highest BCUT2D eigenvalue weighted by molar-refractivity contribution is 5.89. The number of hydrogen-bond donors (Lipinski definition) is 2. The van der Waals surface area contributed by atoms with Crippen LogP contribution >= 0.6 is 0 Å². The van der Waals surface area contributed by atoms with Gasteiger partial charge in [0, 0.05) is 44.6 Å². The molecular formula is C25H29F2N7O2. The zero-order valence-electron chi connectivity index (χ0n) is 20.5. The molecular weight excluding hydrogens is 468 g/mol. The Morgan fingerprint density at radius 1 is 1.08 bits per heavy atom. The average Bonchev–Trinajstić information content (AvgIpc) is 2.84. The maximum atomic E-state index is 14.4. The van der Waals surface area contributed by atoms with E-state index < -0.39 is 23.1 Å². The molecule has 3 heterocycles. The minimum Gasteiger partial charge on any atom is -0.483 e. The molecule has 0 aliphatic carbocycles. The summed E-state index contributed by atoms with van der Waals surface area (Å²) in [5.41, 5.74) is 6.02. The summed E-state index contributed by atoms with van der Waals surface area (Å²) in [5, 5.41) is 2.59. The first-order valence-electron chi connectivity index (χ1n) is 11.6. The van der Waals surface area contributed by atoms with E-state index in [4.69, 9.17) is 10.5 Å². The summed E-state index contributed by atoms with van der Waals surface area (Å²) < 4.78 is 34.5. The summed E-state index contributed by atoms with van der Waals surface area (Å²) in [6.07, 6.45) is 3.24. The Bertz CT molecular complexity index is 1240. The monoisotopic (exact) mass is 497 g/mol. The average molecular weight is 498 g/mol. The van der Waals surface area contributed by atoms with Crippen LogP contribution < -0.4 is 20.7 Å². The van der Waals surface area contributed by atoms with E-state index in [9.17, 15) is 13.6 Å². The molecule has 0 unspecified atom stereocenters. The molecule has 1 aliphatic heterocycles. The second-order valence-corrected chi connectivity index (χ2v) is 9.49. The largest absolute Gasteiger partial charge is 0.483 e. The van der Waals surface area contributed by atoms with Gasteiger partial charge in [-0.1, -0.05) is 20.8 Å². The van der Waals surface area contributed by atoms with Crippen LogP contribution in [0.3, 0.4) is 0 Å². The lowest BCUT2D eigenvalue weighted by atomic mass is 9.86. The summed E-state index contributed by atoms with van der Waals surface area (Å²) in [7, 11) is 0. The molecule has 9 nitrogen and oxygen atoms in total. The van der Waals surface area contributed by atoms with E-state index in [1.54, 1.807) is 29.4 Å².